The van der Waals surface area contributed by atoms with Crippen molar-refractivity contribution in [2.45, 2.75) is 25.9 Å². The number of likely N-dealkylation sites (tertiary alicyclic amines) is 1. The Morgan fingerprint density at radius 2 is 1.76 bits per heavy atom. The number of nitrogens with zero attached hydrogens (tertiary/aromatic N) is 3. The monoisotopic (exact) mass is 520 g/mol. The van der Waals surface area contributed by atoms with E-state index in [1.165, 1.54) is 10.9 Å². The van der Waals surface area contributed by atoms with Gasteiger partial charge in [-0.05, 0) is 49.1 Å². The number of aryl methyl sites for hydroxylation is 1. The van der Waals surface area contributed by atoms with Crippen molar-refractivity contribution >= 4 is 52.3 Å². The van der Waals surface area contributed by atoms with Crippen LogP contribution in [0.4, 0.5) is 5.69 Å². The highest BCUT2D eigenvalue weighted by Gasteiger charge is 2.25. The van der Waals surface area contributed by atoms with Crippen LogP contribution in [0.3, 0.4) is 0 Å². The van der Waals surface area contributed by atoms with Gasteiger partial charge in [-0.1, -0.05) is 46.9 Å². The Balaban J connectivity index is 1.47. The minimum atomic E-state index is -0.356. The summed E-state index contributed by atoms with van der Waals surface area (Å²) in [7, 11) is 1.69. The molecule has 0 atom stereocenters. The molecular formula is C24H23Cl3N4O3. The molecule has 10 heteroatoms. The number of carbonyl (C=O) groups is 2. The van der Waals surface area contributed by atoms with Crippen molar-refractivity contribution in [3.8, 4) is 5.75 Å². The van der Waals surface area contributed by atoms with Gasteiger partial charge in [-0.3, -0.25) is 14.3 Å². The average Bonchev–Trinajstić information content (AvgIpc) is 3.18. The fourth-order valence-corrected chi connectivity index (χ4v) is 4.77. The second-order valence-electron chi connectivity index (χ2n) is 8.03. The molecule has 2 aromatic carbocycles. The second-order valence-corrected chi connectivity index (χ2v) is 9.28. The lowest BCUT2D eigenvalue weighted by molar-refractivity contribution is 0.0714. The third kappa shape index (κ3) is 5.49. The van der Waals surface area contributed by atoms with Gasteiger partial charge >= 0.3 is 0 Å². The van der Waals surface area contributed by atoms with Crippen molar-refractivity contribution in [3.05, 3.63) is 74.5 Å². The summed E-state index contributed by atoms with van der Waals surface area (Å²) in [6, 6.07) is 10.1. The maximum atomic E-state index is 13.0. The smallest absolute Gasteiger partial charge is 0.274 e. The summed E-state index contributed by atoms with van der Waals surface area (Å²) in [6.45, 7) is 1.57. The predicted octanol–water partition coefficient (Wildman–Crippen LogP) is 5.84. The molecule has 4 rings (SSSR count). The van der Waals surface area contributed by atoms with E-state index >= 15 is 0 Å². The van der Waals surface area contributed by atoms with Gasteiger partial charge in [0.1, 0.15) is 12.3 Å². The van der Waals surface area contributed by atoms with E-state index in [9.17, 15) is 9.59 Å². The van der Waals surface area contributed by atoms with Crippen LogP contribution in [0, 0.1) is 0 Å². The quantitative estimate of drug-likeness (QED) is 0.442. The van der Waals surface area contributed by atoms with Crippen LogP contribution in [0.1, 0.15) is 45.7 Å². The van der Waals surface area contributed by atoms with E-state index in [0.717, 1.165) is 24.8 Å². The van der Waals surface area contributed by atoms with Gasteiger partial charge in [0.05, 0.1) is 21.9 Å². The molecule has 7 nitrogen and oxygen atoms in total. The molecule has 0 bridgehead atoms. The number of anilines is 1. The minimum absolute atomic E-state index is 0.131. The summed E-state index contributed by atoms with van der Waals surface area (Å²) >= 11 is 18.3. The Morgan fingerprint density at radius 3 is 2.47 bits per heavy atom. The largest absolute Gasteiger partial charge is 0.486 e. The van der Waals surface area contributed by atoms with Crippen LogP contribution in [0.25, 0.3) is 0 Å². The molecular weight excluding hydrogens is 499 g/mol. The van der Waals surface area contributed by atoms with Crippen LogP contribution in [0.5, 0.6) is 5.75 Å². The number of ether oxygens (including phenoxy) is 1. The molecule has 0 spiro atoms. The van der Waals surface area contributed by atoms with E-state index in [1.807, 2.05) is 6.07 Å². The van der Waals surface area contributed by atoms with Gasteiger partial charge in [0.25, 0.3) is 11.8 Å². The molecule has 2 heterocycles. The highest BCUT2D eigenvalue weighted by Crippen LogP contribution is 2.36. The van der Waals surface area contributed by atoms with E-state index in [-0.39, 0.29) is 18.4 Å². The number of benzene rings is 2. The van der Waals surface area contributed by atoms with Gasteiger partial charge in [-0.2, -0.15) is 5.10 Å². The number of nitrogens with one attached hydrogen (secondary N) is 1. The standard InChI is InChI=1S/C24H23Cl3N4O3/c1-30-21(24(33)31-8-3-2-4-9-31)20(13-28-30)29-23(32)16-7-5-6-15(10-16)14-34-22-18(26)11-17(25)12-19(22)27/h5-7,10-13H,2-4,8-9,14H2,1H3,(H,29,32). The van der Waals surface area contributed by atoms with Crippen LogP contribution in [0.2, 0.25) is 15.1 Å². The number of amides is 2. The Hall–Kier alpha value is -2.74. The van der Waals surface area contributed by atoms with Crippen LogP contribution < -0.4 is 10.1 Å². The summed E-state index contributed by atoms with van der Waals surface area (Å²) in [5, 5.41) is 8.02. The number of carbonyl (C=O) groups excluding carboxylic acids is 2. The molecule has 1 aliphatic heterocycles. The molecule has 3 aromatic rings. The Labute approximate surface area is 212 Å². The summed E-state index contributed by atoms with van der Waals surface area (Å²) in [5.74, 6) is -0.169. The number of piperidine rings is 1. The van der Waals surface area contributed by atoms with Gasteiger partial charge in [-0.15, -0.1) is 0 Å². The first-order valence-corrected chi connectivity index (χ1v) is 12.0. The zero-order chi connectivity index (χ0) is 24.2. The molecule has 0 saturated carbocycles. The van der Waals surface area contributed by atoms with Crippen LogP contribution >= 0.6 is 34.8 Å². The Kier molecular flexibility index (Phi) is 7.66. The van der Waals surface area contributed by atoms with Crippen molar-refractivity contribution in [1.82, 2.24) is 14.7 Å². The maximum absolute atomic E-state index is 13.0. The highest BCUT2D eigenvalue weighted by molar-refractivity contribution is 6.40. The summed E-state index contributed by atoms with van der Waals surface area (Å²) < 4.78 is 7.26. The second kappa shape index (κ2) is 10.7. The average molecular weight is 522 g/mol. The Morgan fingerprint density at radius 1 is 1.06 bits per heavy atom. The molecule has 178 valence electrons. The first kappa shape index (κ1) is 24.4. The predicted molar refractivity (Wildman–Crippen MR) is 133 cm³/mol. The lowest BCUT2D eigenvalue weighted by Crippen LogP contribution is -2.37. The SMILES string of the molecule is Cn1ncc(NC(=O)c2cccc(COc3c(Cl)cc(Cl)cc3Cl)c2)c1C(=O)N1CCCCC1. The van der Waals surface area contributed by atoms with Crippen molar-refractivity contribution in [1.29, 1.82) is 0 Å². The van der Waals surface area contributed by atoms with E-state index in [4.69, 9.17) is 39.5 Å². The van der Waals surface area contributed by atoms with Crippen molar-refractivity contribution in [2.24, 2.45) is 7.05 Å². The van der Waals surface area contributed by atoms with Crippen molar-refractivity contribution < 1.29 is 14.3 Å². The molecule has 1 fully saturated rings. The van der Waals surface area contributed by atoms with Crippen molar-refractivity contribution in [2.75, 3.05) is 18.4 Å². The zero-order valence-corrected chi connectivity index (χ0v) is 20.8. The van der Waals surface area contributed by atoms with Gasteiger partial charge < -0.3 is 15.0 Å². The molecule has 1 N–H and O–H groups in total. The first-order valence-electron chi connectivity index (χ1n) is 10.8. The third-order valence-electron chi connectivity index (χ3n) is 5.57. The van der Waals surface area contributed by atoms with Crippen LogP contribution in [-0.4, -0.2) is 39.6 Å². The van der Waals surface area contributed by atoms with Crippen LogP contribution in [0.15, 0.2) is 42.6 Å². The first-order chi connectivity index (χ1) is 16.3. The third-order valence-corrected chi connectivity index (χ3v) is 6.35. The van der Waals surface area contributed by atoms with E-state index in [2.05, 4.69) is 10.4 Å². The minimum Gasteiger partial charge on any atom is -0.486 e. The topological polar surface area (TPSA) is 76.5 Å². The number of aromatic nitrogens is 2. The molecule has 0 radical (unpaired) electrons. The maximum Gasteiger partial charge on any atom is 0.274 e. The van der Waals surface area contributed by atoms with Gasteiger partial charge in [0.2, 0.25) is 0 Å². The van der Waals surface area contributed by atoms with E-state index in [0.29, 0.717) is 50.9 Å². The van der Waals surface area contributed by atoms with E-state index < -0.39 is 0 Å². The van der Waals surface area contributed by atoms with Gasteiger partial charge in [0.15, 0.2) is 5.75 Å². The number of halogens is 3. The number of hydrogen-bond donors (Lipinski definition) is 1. The lowest BCUT2D eigenvalue weighted by atomic mass is 10.1. The number of hydrogen-bond acceptors (Lipinski definition) is 4. The fraction of sp³-hybridized carbons (Fsp3) is 0.292. The van der Waals surface area contributed by atoms with Gasteiger partial charge in [-0.25, -0.2) is 0 Å². The van der Waals surface area contributed by atoms with E-state index in [1.54, 1.807) is 42.3 Å². The molecule has 0 unspecified atom stereocenters. The molecule has 2 amide bonds. The Bertz CT molecular complexity index is 1200. The molecule has 34 heavy (non-hydrogen) atoms. The summed E-state index contributed by atoms with van der Waals surface area (Å²) in [6.07, 6.45) is 4.57. The normalized spacial score (nSPS) is 13.6. The lowest BCUT2D eigenvalue weighted by Gasteiger charge is -2.27. The molecule has 0 aliphatic carbocycles. The van der Waals surface area contributed by atoms with Gasteiger partial charge in [0, 0.05) is 30.7 Å². The summed E-state index contributed by atoms with van der Waals surface area (Å²) in [5.41, 5.74) is 1.89. The zero-order valence-electron chi connectivity index (χ0n) is 18.5. The van der Waals surface area contributed by atoms with Crippen molar-refractivity contribution in [3.63, 3.8) is 0 Å². The molecule has 1 aromatic heterocycles. The molecule has 1 saturated heterocycles. The summed E-state index contributed by atoms with van der Waals surface area (Å²) in [4.78, 5) is 27.8. The fourth-order valence-electron chi connectivity index (χ4n) is 3.85. The number of rotatable bonds is 6. The highest BCUT2D eigenvalue weighted by atomic mass is 35.5. The van der Waals surface area contributed by atoms with Crippen LogP contribution in [-0.2, 0) is 13.7 Å². The molecule has 1 aliphatic rings.